The average Bonchev–Trinajstić information content (AvgIpc) is 3.13. The number of aromatic nitrogens is 2. The Balaban J connectivity index is 1.56. The molecule has 6 heteroatoms. The van der Waals surface area contributed by atoms with E-state index >= 15 is 0 Å². The fourth-order valence-corrected chi connectivity index (χ4v) is 3.48. The van der Waals surface area contributed by atoms with Crippen molar-refractivity contribution >= 4 is 22.8 Å². The first kappa shape index (κ1) is 16.5. The summed E-state index contributed by atoms with van der Waals surface area (Å²) in [6, 6.07) is 14.5. The summed E-state index contributed by atoms with van der Waals surface area (Å²) in [5, 5.41) is 10.6. The van der Waals surface area contributed by atoms with Gasteiger partial charge in [-0.25, -0.2) is 4.98 Å². The number of hydrogen-bond donors (Lipinski definition) is 1. The molecular formula is C20H19N3O3. The van der Waals surface area contributed by atoms with Gasteiger partial charge in [0.2, 0.25) is 0 Å². The van der Waals surface area contributed by atoms with Gasteiger partial charge in [-0.1, -0.05) is 31.2 Å². The predicted molar refractivity (Wildman–Crippen MR) is 96.9 cm³/mol. The van der Waals surface area contributed by atoms with Crippen LogP contribution in [-0.2, 0) is 13.0 Å². The predicted octanol–water partition coefficient (Wildman–Crippen LogP) is 2.26. The number of nitrogens with zero attached hydrogens (tertiary/aromatic N) is 3. The van der Waals surface area contributed by atoms with Gasteiger partial charge in [0.25, 0.3) is 11.8 Å². The Morgan fingerprint density at radius 3 is 2.23 bits per heavy atom. The molecule has 4 rings (SSSR count). The van der Waals surface area contributed by atoms with Crippen LogP contribution in [0.2, 0.25) is 0 Å². The molecule has 1 N–H and O–H groups in total. The summed E-state index contributed by atoms with van der Waals surface area (Å²) in [7, 11) is 0. The van der Waals surface area contributed by atoms with Crippen LogP contribution in [0.1, 0.15) is 33.5 Å². The molecule has 1 atom stereocenters. The van der Waals surface area contributed by atoms with E-state index in [1.165, 1.54) is 0 Å². The third kappa shape index (κ3) is 2.59. The first-order valence-corrected chi connectivity index (χ1v) is 8.67. The number of aliphatic hydroxyl groups excluding tert-OH is 1. The quantitative estimate of drug-likeness (QED) is 0.717. The molecule has 1 aromatic heterocycles. The topological polar surface area (TPSA) is 75.4 Å². The van der Waals surface area contributed by atoms with E-state index < -0.39 is 6.10 Å². The first-order valence-electron chi connectivity index (χ1n) is 8.67. The molecule has 0 radical (unpaired) electrons. The lowest BCUT2D eigenvalue weighted by atomic mass is 10.1. The number of β-amino-alcohol motifs (C(OH)–C–C–N with tert-alkyl or cyclic N) is 1. The van der Waals surface area contributed by atoms with E-state index in [2.05, 4.69) is 4.98 Å². The zero-order valence-corrected chi connectivity index (χ0v) is 14.4. The molecule has 2 heterocycles. The second kappa shape index (κ2) is 6.38. The molecule has 0 bridgehead atoms. The molecule has 6 nitrogen and oxygen atoms in total. The molecule has 0 saturated carbocycles. The summed E-state index contributed by atoms with van der Waals surface area (Å²) >= 11 is 0. The number of rotatable bonds is 5. The molecule has 3 aromatic rings. The normalized spacial score (nSPS) is 14.9. The van der Waals surface area contributed by atoms with Gasteiger partial charge in [0.1, 0.15) is 5.82 Å². The number of imide groups is 1. The van der Waals surface area contributed by atoms with Gasteiger partial charge in [-0.3, -0.25) is 14.5 Å². The lowest BCUT2D eigenvalue weighted by molar-refractivity contribution is 0.0522. The molecule has 0 unspecified atom stereocenters. The van der Waals surface area contributed by atoms with E-state index in [1.807, 2.05) is 35.8 Å². The van der Waals surface area contributed by atoms with Crippen LogP contribution >= 0.6 is 0 Å². The van der Waals surface area contributed by atoms with Gasteiger partial charge in [0, 0.05) is 6.42 Å². The van der Waals surface area contributed by atoms with Gasteiger partial charge in [-0.15, -0.1) is 0 Å². The van der Waals surface area contributed by atoms with Crippen molar-refractivity contribution < 1.29 is 14.7 Å². The summed E-state index contributed by atoms with van der Waals surface area (Å²) in [5.74, 6) is 0.166. The van der Waals surface area contributed by atoms with Crippen molar-refractivity contribution in [1.29, 1.82) is 0 Å². The monoisotopic (exact) mass is 349 g/mol. The van der Waals surface area contributed by atoms with Gasteiger partial charge >= 0.3 is 0 Å². The third-order valence-corrected chi connectivity index (χ3v) is 4.71. The minimum absolute atomic E-state index is 0.0397. The number of aliphatic hydroxyl groups is 1. The van der Waals surface area contributed by atoms with Crippen LogP contribution in [0.4, 0.5) is 0 Å². The van der Waals surface area contributed by atoms with Gasteiger partial charge in [0.05, 0.1) is 41.4 Å². The first-order chi connectivity index (χ1) is 12.6. The molecule has 0 aliphatic carbocycles. The molecule has 2 aromatic carbocycles. The average molecular weight is 349 g/mol. The third-order valence-electron chi connectivity index (χ3n) is 4.71. The van der Waals surface area contributed by atoms with E-state index in [0.717, 1.165) is 28.2 Å². The minimum Gasteiger partial charge on any atom is -0.389 e. The number of amides is 2. The van der Waals surface area contributed by atoms with Crippen LogP contribution in [0.15, 0.2) is 48.5 Å². The van der Waals surface area contributed by atoms with Crippen molar-refractivity contribution in [1.82, 2.24) is 14.5 Å². The number of carbonyl (C=O) groups is 2. The highest BCUT2D eigenvalue weighted by molar-refractivity contribution is 6.21. The van der Waals surface area contributed by atoms with Crippen LogP contribution in [0.5, 0.6) is 0 Å². The van der Waals surface area contributed by atoms with E-state index in [4.69, 9.17) is 0 Å². The zero-order chi connectivity index (χ0) is 18.3. The van der Waals surface area contributed by atoms with Crippen LogP contribution in [0.25, 0.3) is 11.0 Å². The summed E-state index contributed by atoms with van der Waals surface area (Å²) in [6.45, 7) is 2.24. The number of benzene rings is 2. The van der Waals surface area contributed by atoms with Crippen LogP contribution in [0.3, 0.4) is 0 Å². The maximum Gasteiger partial charge on any atom is 0.261 e. The van der Waals surface area contributed by atoms with Gasteiger partial charge in [0.15, 0.2) is 0 Å². The Labute approximate surface area is 150 Å². The Bertz CT molecular complexity index is 973. The van der Waals surface area contributed by atoms with E-state index in [1.54, 1.807) is 24.3 Å². The second-order valence-corrected chi connectivity index (χ2v) is 6.40. The van der Waals surface area contributed by atoms with Gasteiger partial charge in [-0.05, 0) is 24.3 Å². The van der Waals surface area contributed by atoms with Crippen molar-refractivity contribution in [2.24, 2.45) is 0 Å². The SMILES string of the molecule is CCc1nc2ccccc2n1C[C@H](O)CN1C(=O)c2ccccc2C1=O. The molecule has 0 fully saturated rings. The molecule has 26 heavy (non-hydrogen) atoms. The maximum absolute atomic E-state index is 12.5. The van der Waals surface area contributed by atoms with Crippen LogP contribution in [0, 0.1) is 0 Å². The van der Waals surface area contributed by atoms with Crippen molar-refractivity contribution in [2.75, 3.05) is 6.54 Å². The molecule has 2 amide bonds. The smallest absolute Gasteiger partial charge is 0.261 e. The second-order valence-electron chi connectivity index (χ2n) is 6.40. The van der Waals surface area contributed by atoms with Crippen LogP contribution in [-0.4, -0.2) is 44.0 Å². The Morgan fingerprint density at radius 2 is 1.58 bits per heavy atom. The molecular weight excluding hydrogens is 330 g/mol. The number of carbonyl (C=O) groups excluding carboxylic acids is 2. The number of hydrogen-bond acceptors (Lipinski definition) is 4. The van der Waals surface area contributed by atoms with Crippen molar-refractivity contribution in [3.05, 3.63) is 65.5 Å². The highest BCUT2D eigenvalue weighted by atomic mass is 16.3. The van der Waals surface area contributed by atoms with Crippen LogP contribution < -0.4 is 0 Å². The molecule has 132 valence electrons. The number of aryl methyl sites for hydroxylation is 1. The Hall–Kier alpha value is -2.99. The largest absolute Gasteiger partial charge is 0.389 e. The summed E-state index contributed by atoms with van der Waals surface area (Å²) in [6.07, 6.45) is -0.144. The molecule has 1 aliphatic heterocycles. The zero-order valence-electron chi connectivity index (χ0n) is 14.4. The van der Waals surface area contributed by atoms with Gasteiger partial charge < -0.3 is 9.67 Å². The highest BCUT2D eigenvalue weighted by Gasteiger charge is 2.36. The lowest BCUT2D eigenvalue weighted by Gasteiger charge is -2.20. The highest BCUT2D eigenvalue weighted by Crippen LogP contribution is 2.23. The van der Waals surface area contributed by atoms with E-state index in [0.29, 0.717) is 11.1 Å². The molecule has 1 aliphatic rings. The summed E-state index contributed by atoms with van der Waals surface area (Å²) < 4.78 is 1.96. The minimum atomic E-state index is -0.875. The molecule has 0 spiro atoms. The fourth-order valence-electron chi connectivity index (χ4n) is 3.48. The van der Waals surface area contributed by atoms with E-state index in [9.17, 15) is 14.7 Å². The lowest BCUT2D eigenvalue weighted by Crippen LogP contribution is -2.38. The Kier molecular flexibility index (Phi) is 4.05. The van der Waals surface area contributed by atoms with Gasteiger partial charge in [-0.2, -0.15) is 0 Å². The Morgan fingerprint density at radius 1 is 0.962 bits per heavy atom. The standard InChI is InChI=1S/C20H19N3O3/c1-2-18-21-16-9-5-6-10-17(16)22(18)11-13(24)12-23-19(25)14-7-3-4-8-15(14)20(23)26/h3-10,13,24H,2,11-12H2,1H3/t13-/m0/s1. The maximum atomic E-state index is 12.5. The number of imidazole rings is 1. The molecule has 0 saturated heterocycles. The van der Waals surface area contributed by atoms with Crippen molar-refractivity contribution in [3.63, 3.8) is 0 Å². The van der Waals surface area contributed by atoms with Crippen molar-refractivity contribution in [3.8, 4) is 0 Å². The number of para-hydroxylation sites is 2. The summed E-state index contributed by atoms with van der Waals surface area (Å²) in [4.78, 5) is 30.6. The van der Waals surface area contributed by atoms with Crippen molar-refractivity contribution in [2.45, 2.75) is 26.0 Å². The fraction of sp³-hybridized carbons (Fsp3) is 0.250. The number of fused-ring (bicyclic) bond motifs is 2. The summed E-state index contributed by atoms with van der Waals surface area (Å²) in [5.41, 5.74) is 2.60. The van der Waals surface area contributed by atoms with E-state index in [-0.39, 0.29) is 24.9 Å².